The van der Waals surface area contributed by atoms with Crippen molar-refractivity contribution in [3.8, 4) is 5.75 Å². The molecule has 2 aromatic carbocycles. The number of hydrogen-bond acceptors (Lipinski definition) is 5. The average Bonchev–Trinajstić information content (AvgIpc) is 3.16. The number of urea groups is 1. The predicted octanol–water partition coefficient (Wildman–Crippen LogP) is 4.62. The number of aryl methyl sites for hydroxylation is 1. The Morgan fingerprint density at radius 2 is 1.93 bits per heavy atom. The maximum Gasteiger partial charge on any atom is 0.322 e. The van der Waals surface area contributed by atoms with Crippen LogP contribution in [0.3, 0.4) is 0 Å². The number of amides is 2. The van der Waals surface area contributed by atoms with Crippen LogP contribution < -0.4 is 15.0 Å². The molecule has 0 atom stereocenters. The lowest BCUT2D eigenvalue weighted by Crippen LogP contribution is -2.50. The number of rotatable bonds is 3. The SMILES string of the molecule is COc1ccccc1NC(=O)N1CCN(c2nc3c(C)c(Cl)ccc3s2)CC1. The van der Waals surface area contributed by atoms with Crippen molar-refractivity contribution in [2.45, 2.75) is 6.92 Å². The number of thiazole rings is 1. The summed E-state index contributed by atoms with van der Waals surface area (Å²) in [6, 6.07) is 11.2. The molecule has 0 aliphatic carbocycles. The van der Waals surface area contributed by atoms with E-state index in [9.17, 15) is 4.79 Å². The van der Waals surface area contributed by atoms with Gasteiger partial charge in [0.1, 0.15) is 5.75 Å². The summed E-state index contributed by atoms with van der Waals surface area (Å²) in [5, 5.41) is 4.65. The van der Waals surface area contributed by atoms with Crippen LogP contribution in [0.4, 0.5) is 15.6 Å². The number of methoxy groups -OCH3 is 1. The van der Waals surface area contributed by atoms with Crippen molar-refractivity contribution in [1.29, 1.82) is 0 Å². The van der Waals surface area contributed by atoms with Gasteiger partial charge in [-0.2, -0.15) is 0 Å². The number of nitrogens with one attached hydrogen (secondary N) is 1. The number of piperazine rings is 1. The van der Waals surface area contributed by atoms with Gasteiger partial charge >= 0.3 is 6.03 Å². The van der Waals surface area contributed by atoms with Crippen molar-refractivity contribution in [3.05, 3.63) is 47.0 Å². The van der Waals surface area contributed by atoms with E-state index in [0.29, 0.717) is 24.5 Å². The monoisotopic (exact) mass is 416 g/mol. The molecule has 1 aliphatic heterocycles. The molecule has 1 aliphatic rings. The quantitative estimate of drug-likeness (QED) is 0.676. The largest absolute Gasteiger partial charge is 0.495 e. The summed E-state index contributed by atoms with van der Waals surface area (Å²) in [4.78, 5) is 21.4. The Morgan fingerprint density at radius 1 is 1.18 bits per heavy atom. The van der Waals surface area contributed by atoms with Crippen molar-refractivity contribution in [3.63, 3.8) is 0 Å². The van der Waals surface area contributed by atoms with E-state index in [4.69, 9.17) is 21.3 Å². The minimum absolute atomic E-state index is 0.115. The molecular weight excluding hydrogens is 396 g/mol. The van der Waals surface area contributed by atoms with Crippen molar-refractivity contribution in [1.82, 2.24) is 9.88 Å². The van der Waals surface area contributed by atoms with Gasteiger partial charge in [-0.05, 0) is 36.8 Å². The third-order valence-corrected chi connectivity index (χ3v) is 6.41. The smallest absolute Gasteiger partial charge is 0.322 e. The van der Waals surface area contributed by atoms with E-state index in [2.05, 4.69) is 10.2 Å². The molecule has 6 nitrogen and oxygen atoms in total. The van der Waals surface area contributed by atoms with Gasteiger partial charge in [0.25, 0.3) is 0 Å². The third kappa shape index (κ3) is 3.59. The first kappa shape index (κ1) is 18.8. The summed E-state index contributed by atoms with van der Waals surface area (Å²) < 4.78 is 6.43. The number of benzene rings is 2. The molecular formula is C20H21ClN4O2S. The summed E-state index contributed by atoms with van der Waals surface area (Å²) >= 11 is 7.88. The zero-order chi connectivity index (χ0) is 19.7. The molecule has 1 aromatic heterocycles. The topological polar surface area (TPSA) is 57.7 Å². The number of halogens is 1. The predicted molar refractivity (Wildman–Crippen MR) is 115 cm³/mol. The number of para-hydroxylation sites is 2. The number of anilines is 2. The second kappa shape index (κ2) is 7.85. The molecule has 146 valence electrons. The molecule has 0 unspecified atom stereocenters. The average molecular weight is 417 g/mol. The number of aromatic nitrogens is 1. The van der Waals surface area contributed by atoms with E-state index in [-0.39, 0.29) is 6.03 Å². The normalized spacial score (nSPS) is 14.4. The van der Waals surface area contributed by atoms with Gasteiger partial charge in [0.05, 0.1) is 23.0 Å². The van der Waals surface area contributed by atoms with E-state index in [1.54, 1.807) is 18.4 Å². The molecule has 1 N–H and O–H groups in total. The summed E-state index contributed by atoms with van der Waals surface area (Å²) in [5.74, 6) is 0.651. The molecule has 1 saturated heterocycles. The lowest BCUT2D eigenvalue weighted by atomic mass is 10.2. The van der Waals surface area contributed by atoms with Crippen molar-refractivity contribution < 1.29 is 9.53 Å². The van der Waals surface area contributed by atoms with Crippen LogP contribution in [-0.4, -0.2) is 49.2 Å². The minimum atomic E-state index is -0.115. The van der Waals surface area contributed by atoms with Gasteiger partial charge in [-0.1, -0.05) is 35.1 Å². The fraction of sp³-hybridized carbons (Fsp3) is 0.300. The minimum Gasteiger partial charge on any atom is -0.495 e. The van der Waals surface area contributed by atoms with Crippen LogP contribution in [0, 0.1) is 6.92 Å². The number of ether oxygens (including phenoxy) is 1. The van der Waals surface area contributed by atoms with Crippen LogP contribution in [0.15, 0.2) is 36.4 Å². The molecule has 1 fully saturated rings. The van der Waals surface area contributed by atoms with E-state index in [1.807, 2.05) is 48.2 Å². The zero-order valence-electron chi connectivity index (χ0n) is 15.7. The maximum absolute atomic E-state index is 12.6. The Hall–Kier alpha value is -2.51. The Kier molecular flexibility index (Phi) is 5.28. The van der Waals surface area contributed by atoms with Crippen LogP contribution in [0.1, 0.15) is 5.56 Å². The molecule has 0 radical (unpaired) electrons. The van der Waals surface area contributed by atoms with Gasteiger partial charge in [0.2, 0.25) is 0 Å². The van der Waals surface area contributed by atoms with Gasteiger partial charge < -0.3 is 19.9 Å². The van der Waals surface area contributed by atoms with E-state index >= 15 is 0 Å². The Morgan fingerprint density at radius 3 is 2.68 bits per heavy atom. The van der Waals surface area contributed by atoms with Gasteiger partial charge in [0.15, 0.2) is 5.13 Å². The number of hydrogen-bond donors (Lipinski definition) is 1. The van der Waals surface area contributed by atoms with E-state index in [0.717, 1.165) is 39.0 Å². The van der Waals surface area contributed by atoms with Crippen molar-refractivity contribution in [2.24, 2.45) is 0 Å². The fourth-order valence-corrected chi connectivity index (χ4v) is 4.50. The van der Waals surface area contributed by atoms with Gasteiger partial charge in [-0.15, -0.1) is 0 Å². The summed E-state index contributed by atoms with van der Waals surface area (Å²) in [5.41, 5.74) is 2.65. The van der Waals surface area contributed by atoms with Crippen LogP contribution >= 0.6 is 22.9 Å². The first-order chi connectivity index (χ1) is 13.6. The molecule has 0 spiro atoms. The molecule has 3 aromatic rings. The van der Waals surface area contributed by atoms with Gasteiger partial charge in [-0.25, -0.2) is 9.78 Å². The standard InChI is InChI=1S/C20H21ClN4O2S/c1-13-14(21)7-8-17-18(13)23-20(28-17)25-11-9-24(10-12-25)19(26)22-15-5-3-4-6-16(15)27-2/h3-8H,9-12H2,1-2H3,(H,22,26). The summed E-state index contributed by atoms with van der Waals surface area (Å²) in [6.07, 6.45) is 0. The Balaban J connectivity index is 1.42. The first-order valence-electron chi connectivity index (χ1n) is 9.06. The van der Waals surface area contributed by atoms with E-state index < -0.39 is 0 Å². The highest BCUT2D eigenvalue weighted by molar-refractivity contribution is 7.22. The Labute approximate surface area is 172 Å². The van der Waals surface area contributed by atoms with Crippen molar-refractivity contribution in [2.75, 3.05) is 43.5 Å². The van der Waals surface area contributed by atoms with Crippen LogP contribution in [0.5, 0.6) is 5.75 Å². The fourth-order valence-electron chi connectivity index (χ4n) is 3.27. The van der Waals surface area contributed by atoms with Crippen LogP contribution in [-0.2, 0) is 0 Å². The second-order valence-corrected chi connectivity index (χ2v) is 8.04. The van der Waals surface area contributed by atoms with Gasteiger partial charge in [0, 0.05) is 31.2 Å². The lowest BCUT2D eigenvalue weighted by molar-refractivity contribution is 0.208. The third-order valence-electron chi connectivity index (χ3n) is 4.92. The number of carbonyl (C=O) groups excluding carboxylic acids is 1. The number of fused-ring (bicyclic) bond motifs is 1. The molecule has 8 heteroatoms. The molecule has 0 saturated carbocycles. The lowest BCUT2D eigenvalue weighted by Gasteiger charge is -2.34. The molecule has 2 heterocycles. The first-order valence-corrected chi connectivity index (χ1v) is 10.3. The maximum atomic E-state index is 12.6. The molecule has 0 bridgehead atoms. The van der Waals surface area contributed by atoms with E-state index in [1.165, 1.54) is 0 Å². The number of carbonyl (C=O) groups is 1. The highest BCUT2D eigenvalue weighted by Gasteiger charge is 2.24. The summed E-state index contributed by atoms with van der Waals surface area (Å²) in [6.45, 7) is 4.75. The highest BCUT2D eigenvalue weighted by atomic mass is 35.5. The van der Waals surface area contributed by atoms with Crippen LogP contribution in [0.2, 0.25) is 5.02 Å². The van der Waals surface area contributed by atoms with Crippen molar-refractivity contribution >= 4 is 50.0 Å². The molecule has 28 heavy (non-hydrogen) atoms. The van der Waals surface area contributed by atoms with Crippen LogP contribution in [0.25, 0.3) is 10.2 Å². The molecule has 2 amide bonds. The molecule has 4 rings (SSSR count). The Bertz CT molecular complexity index is 1010. The summed E-state index contributed by atoms with van der Waals surface area (Å²) in [7, 11) is 1.59. The second-order valence-electron chi connectivity index (χ2n) is 6.62. The number of nitrogens with zero attached hydrogens (tertiary/aromatic N) is 3. The van der Waals surface area contributed by atoms with Gasteiger partial charge in [-0.3, -0.25) is 0 Å². The zero-order valence-corrected chi connectivity index (χ0v) is 17.3. The highest BCUT2D eigenvalue weighted by Crippen LogP contribution is 2.34.